The van der Waals surface area contributed by atoms with E-state index in [1.54, 1.807) is 65.8 Å². The monoisotopic (exact) mass is 880 g/mol. The van der Waals surface area contributed by atoms with Crippen molar-refractivity contribution in [3.05, 3.63) is 93.9 Å². The molecule has 7 rings (SSSR count). The van der Waals surface area contributed by atoms with Gasteiger partial charge in [0.1, 0.15) is 28.6 Å². The van der Waals surface area contributed by atoms with E-state index in [0.29, 0.717) is 19.5 Å². The first-order valence-corrected chi connectivity index (χ1v) is 21.9. The fourth-order valence-electron chi connectivity index (χ4n) is 9.61. The van der Waals surface area contributed by atoms with Crippen molar-refractivity contribution in [2.75, 3.05) is 32.1 Å². The Morgan fingerprint density at radius 2 is 1.69 bits per heavy atom. The number of esters is 1. The highest BCUT2D eigenvalue weighted by Gasteiger charge is 2.50. The van der Waals surface area contributed by atoms with E-state index < -0.39 is 82.8 Å². The number of phenolic OH excluding ortho intramolecular Hbond substituents is 2. The number of nitrogens with zero attached hydrogens (tertiary/aromatic N) is 3. The number of hydrogen-bond acceptors (Lipinski definition) is 14. The normalized spacial score (nSPS) is 33.0. The Balaban J connectivity index is 1.40. The van der Waals surface area contributed by atoms with Gasteiger partial charge in [-0.25, -0.2) is 0 Å². The minimum atomic E-state index is -1.98. The molecule has 1 amide bonds. The van der Waals surface area contributed by atoms with Gasteiger partial charge in [0, 0.05) is 80.8 Å². The number of carbonyl (C=O) groups excluding carboxylic acids is 3. The van der Waals surface area contributed by atoms with Crippen molar-refractivity contribution in [3.63, 3.8) is 0 Å². The summed E-state index contributed by atoms with van der Waals surface area (Å²) < 4.78 is 24.1. The number of aromatic hydroxyl groups is 2. The van der Waals surface area contributed by atoms with Gasteiger partial charge in [-0.3, -0.25) is 29.3 Å². The molecule has 3 aromatic rings. The maximum atomic E-state index is 14.9. The molecule has 64 heavy (non-hydrogen) atoms. The lowest BCUT2D eigenvalue weighted by Crippen LogP contribution is -2.46. The van der Waals surface area contributed by atoms with Gasteiger partial charge in [-0.05, 0) is 31.9 Å². The van der Waals surface area contributed by atoms with Gasteiger partial charge in [-0.15, -0.1) is 0 Å². The summed E-state index contributed by atoms with van der Waals surface area (Å²) in [5.74, 6) is -7.01. The van der Waals surface area contributed by atoms with Crippen LogP contribution < -0.4 is 20.8 Å². The first-order chi connectivity index (χ1) is 30.3. The molecule has 0 aromatic heterocycles. The van der Waals surface area contributed by atoms with Crippen LogP contribution in [0.4, 0.5) is 5.69 Å². The van der Waals surface area contributed by atoms with E-state index in [-0.39, 0.29) is 61.9 Å². The Hall–Kier alpha value is -5.61. The lowest BCUT2D eigenvalue weighted by molar-refractivity contribution is -0.160. The molecular weight excluding hydrogens is 821 g/mol. The van der Waals surface area contributed by atoms with Crippen molar-refractivity contribution >= 4 is 34.1 Å². The van der Waals surface area contributed by atoms with Crippen molar-refractivity contribution in [3.8, 4) is 17.2 Å². The third-order valence-corrected chi connectivity index (χ3v) is 13.5. The highest BCUT2D eigenvalue weighted by molar-refractivity contribution is 6.19. The predicted octanol–water partition coefficient (Wildman–Crippen LogP) is 4.95. The zero-order chi connectivity index (χ0) is 46.4. The van der Waals surface area contributed by atoms with Gasteiger partial charge < -0.3 is 44.7 Å². The molecule has 1 saturated heterocycles. The highest BCUT2D eigenvalue weighted by atomic mass is 16.7. The smallest absolute Gasteiger partial charge is 0.312 e. The molecule has 5 N–H and O–H groups in total. The number of Topliss-reactive ketones (excluding diaryl/α,β-unsaturated/α-hetero) is 1. The van der Waals surface area contributed by atoms with Crippen molar-refractivity contribution in [2.45, 2.75) is 104 Å². The topological polar surface area (TPSA) is 209 Å². The van der Waals surface area contributed by atoms with Gasteiger partial charge in [-0.2, -0.15) is 0 Å². The quantitative estimate of drug-likeness (QED) is 0.174. The SMILES string of the molecule is CO[C@H]1/C=C/O[C@@]2(C)Oc3c(C)c(O)c4c(O)c(c5c(c4c3C2=O)=NC2(CCN(Cc3ccccc3)C2)CN=5)NC(=O)/C(C)=C\C=C\[C@H](C)[C@H](O)[C@@H](C)[C@@H](O)[C@@H](C)[C@H](OC(C)=O)C1C. The van der Waals surface area contributed by atoms with Crippen LogP contribution >= 0.6 is 0 Å². The largest absolute Gasteiger partial charge is 0.507 e. The summed E-state index contributed by atoms with van der Waals surface area (Å²) in [6.45, 7) is 15.1. The molecule has 0 radical (unpaired) electrons. The first kappa shape index (κ1) is 46.4. The molecule has 4 heterocycles. The minimum absolute atomic E-state index is 0.0243. The van der Waals surface area contributed by atoms with E-state index in [1.807, 2.05) is 18.2 Å². The number of hydrogen-bond donors (Lipinski definition) is 5. The number of fused-ring (bicyclic) bond motifs is 1. The van der Waals surface area contributed by atoms with Crippen LogP contribution in [-0.4, -0.2) is 105 Å². The molecule has 10 atom stereocenters. The van der Waals surface area contributed by atoms with Crippen LogP contribution in [0.3, 0.4) is 0 Å². The fraction of sp³-hybridized carbons (Fsp3) is 0.490. The minimum Gasteiger partial charge on any atom is -0.507 e. The van der Waals surface area contributed by atoms with Crippen molar-refractivity contribution in [1.29, 1.82) is 0 Å². The second-order valence-corrected chi connectivity index (χ2v) is 18.2. The molecule has 0 aliphatic carbocycles. The lowest BCUT2D eigenvalue weighted by atomic mass is 9.78. The van der Waals surface area contributed by atoms with Crippen LogP contribution in [0, 0.1) is 30.6 Å². The van der Waals surface area contributed by atoms with Crippen LogP contribution in [0.25, 0.3) is 10.8 Å². The molecule has 4 aliphatic heterocycles. The summed E-state index contributed by atoms with van der Waals surface area (Å²) in [6.07, 6.45) is 4.55. The van der Waals surface area contributed by atoms with E-state index >= 15 is 0 Å². The summed E-state index contributed by atoms with van der Waals surface area (Å²) in [6, 6.07) is 10.1. The predicted molar refractivity (Wildman–Crippen MR) is 238 cm³/mol. The number of aliphatic hydroxyl groups excluding tert-OH is 2. The summed E-state index contributed by atoms with van der Waals surface area (Å²) in [5.41, 5.74) is 0.755. The Kier molecular flexibility index (Phi) is 13.1. The van der Waals surface area contributed by atoms with Crippen LogP contribution in [0.1, 0.15) is 76.4 Å². The van der Waals surface area contributed by atoms with E-state index in [2.05, 4.69) is 22.3 Å². The number of carbonyl (C=O) groups is 3. The zero-order valence-corrected chi connectivity index (χ0v) is 37.9. The molecule has 3 aromatic carbocycles. The third-order valence-electron chi connectivity index (χ3n) is 13.5. The summed E-state index contributed by atoms with van der Waals surface area (Å²) >= 11 is 0. The third kappa shape index (κ3) is 8.53. The molecule has 15 nitrogen and oxygen atoms in total. The second-order valence-electron chi connectivity index (χ2n) is 18.2. The number of rotatable bonds is 4. The van der Waals surface area contributed by atoms with Crippen molar-refractivity contribution < 1.29 is 53.8 Å². The summed E-state index contributed by atoms with van der Waals surface area (Å²) in [5, 5.41) is 50.3. The number of likely N-dealkylation sites (tertiary alicyclic amines) is 1. The van der Waals surface area contributed by atoms with Gasteiger partial charge >= 0.3 is 11.8 Å². The summed E-state index contributed by atoms with van der Waals surface area (Å²) in [4.78, 5) is 53.9. The molecular formula is C49H60N4O11. The summed E-state index contributed by atoms with van der Waals surface area (Å²) in [7, 11) is 1.47. The van der Waals surface area contributed by atoms with Crippen LogP contribution in [-0.2, 0) is 30.3 Å². The maximum Gasteiger partial charge on any atom is 0.312 e. The Labute approximate surface area is 372 Å². The number of anilines is 1. The Bertz CT molecular complexity index is 2560. The van der Waals surface area contributed by atoms with E-state index in [1.165, 1.54) is 27.2 Å². The molecule has 1 fully saturated rings. The number of aliphatic hydroxyl groups is 2. The molecule has 15 heteroatoms. The van der Waals surface area contributed by atoms with E-state index in [9.17, 15) is 34.8 Å². The molecule has 4 bridgehead atoms. The number of amides is 1. The fourth-order valence-corrected chi connectivity index (χ4v) is 9.61. The number of ether oxygens (including phenoxy) is 4. The number of allylic oxidation sites excluding steroid dienone is 2. The van der Waals surface area contributed by atoms with E-state index in [0.717, 1.165) is 12.1 Å². The number of phenols is 2. The maximum absolute atomic E-state index is 14.9. The van der Waals surface area contributed by atoms with Crippen LogP contribution in [0.15, 0.2) is 76.5 Å². The van der Waals surface area contributed by atoms with Gasteiger partial charge in [0.15, 0.2) is 5.75 Å². The van der Waals surface area contributed by atoms with Gasteiger partial charge in [0.2, 0.25) is 0 Å². The molecule has 342 valence electrons. The van der Waals surface area contributed by atoms with Crippen LogP contribution in [0.2, 0.25) is 0 Å². The standard InChI is InChI=1S/C49H60N4O11/c1-25-14-13-15-26(2)47(60)51-39-38-37(52-49(23-50-38)19-20-53(24-49)22-32-16-11-10-12-17-32)34-35(43(39)58)42(57)30(6)45-36(34)46(59)48(8,64-45)62-21-18-33(61-9)27(3)44(63-31(7)54)29(5)41(56)28(4)40(25)55/h10-18,21,25,27-29,33,40-41,44,55-58H,19-20,22-24H2,1-9H3,(H,51,60)/b14-13+,21-18+,26-15-/t25-,27?,28+,29+,33-,40-,41+,44+,48-,49?/m0/s1. The highest BCUT2D eigenvalue weighted by Crippen LogP contribution is 2.49. The molecule has 0 saturated carbocycles. The second kappa shape index (κ2) is 18.1. The van der Waals surface area contributed by atoms with E-state index in [4.69, 9.17) is 28.9 Å². The van der Waals surface area contributed by atoms with Gasteiger partial charge in [0.05, 0.1) is 53.0 Å². The lowest BCUT2D eigenvalue weighted by Gasteiger charge is -2.38. The van der Waals surface area contributed by atoms with Crippen LogP contribution in [0.5, 0.6) is 17.2 Å². The molecule has 2 unspecified atom stereocenters. The Morgan fingerprint density at radius 3 is 2.38 bits per heavy atom. The number of benzene rings is 3. The zero-order valence-electron chi connectivity index (χ0n) is 37.9. The number of methoxy groups -OCH3 is 1. The average molecular weight is 881 g/mol. The van der Waals surface area contributed by atoms with Gasteiger partial charge in [-0.1, -0.05) is 76.3 Å². The molecule has 1 spiro atoms. The van der Waals surface area contributed by atoms with Crippen molar-refractivity contribution in [2.24, 2.45) is 33.7 Å². The number of nitrogens with one attached hydrogen (secondary N) is 1. The number of ketones is 1. The molecule has 4 aliphatic rings. The average Bonchev–Trinajstić information content (AvgIpc) is 3.78. The van der Waals surface area contributed by atoms with Gasteiger partial charge in [0.25, 0.3) is 11.7 Å². The Morgan fingerprint density at radius 1 is 0.969 bits per heavy atom. The van der Waals surface area contributed by atoms with Crippen molar-refractivity contribution in [1.82, 2.24) is 4.90 Å². The first-order valence-electron chi connectivity index (χ1n) is 21.9.